The summed E-state index contributed by atoms with van der Waals surface area (Å²) in [5.74, 6) is 0.636. The molecule has 0 atom stereocenters. The molecule has 2 rings (SSSR count). The number of hydrogen-bond donors (Lipinski definition) is 0. The van der Waals surface area contributed by atoms with Gasteiger partial charge in [-0.1, -0.05) is 12.5 Å². The Morgan fingerprint density at radius 2 is 2.20 bits per heavy atom. The molecule has 0 aromatic heterocycles. The molecule has 0 aliphatic heterocycles. The highest BCUT2D eigenvalue weighted by Gasteiger charge is 2.22. The molecule has 0 saturated heterocycles. The topological polar surface area (TPSA) is 43.1 Å². The summed E-state index contributed by atoms with van der Waals surface area (Å²) < 4.78 is 0. The molecule has 0 bridgehead atoms. The summed E-state index contributed by atoms with van der Waals surface area (Å²) in [6, 6.07) is 5.52. The highest BCUT2D eigenvalue weighted by atomic mass is 32.2. The number of nitro benzene ring substituents is 1. The zero-order chi connectivity index (χ0) is 10.8. The van der Waals surface area contributed by atoms with Gasteiger partial charge in [0, 0.05) is 6.07 Å². The second kappa shape index (κ2) is 4.23. The van der Waals surface area contributed by atoms with Crippen molar-refractivity contribution in [2.24, 2.45) is 0 Å². The van der Waals surface area contributed by atoms with E-state index >= 15 is 0 Å². The van der Waals surface area contributed by atoms with Crippen LogP contribution in [0.1, 0.15) is 30.7 Å². The molecule has 3 nitrogen and oxygen atoms in total. The van der Waals surface area contributed by atoms with Crippen LogP contribution >= 0.6 is 11.8 Å². The van der Waals surface area contributed by atoms with Crippen molar-refractivity contribution in [1.82, 2.24) is 0 Å². The van der Waals surface area contributed by atoms with E-state index in [1.165, 1.54) is 36.6 Å². The predicted molar refractivity (Wildman–Crippen MR) is 61.5 cm³/mol. The van der Waals surface area contributed by atoms with Gasteiger partial charge >= 0.3 is 0 Å². The normalized spacial score (nSPS) is 16.1. The average Bonchev–Trinajstić information content (AvgIpc) is 2.14. The number of nitrogens with zero attached hydrogens (tertiary/aromatic N) is 1. The summed E-state index contributed by atoms with van der Waals surface area (Å²) >= 11 is 1.45. The molecule has 0 spiro atoms. The highest BCUT2D eigenvalue weighted by Crippen LogP contribution is 2.39. The van der Waals surface area contributed by atoms with E-state index in [1.54, 1.807) is 6.07 Å². The van der Waals surface area contributed by atoms with Crippen molar-refractivity contribution in [3.05, 3.63) is 33.9 Å². The minimum atomic E-state index is -0.309. The summed E-state index contributed by atoms with van der Waals surface area (Å²) in [6.07, 6.45) is 5.63. The summed E-state index contributed by atoms with van der Waals surface area (Å²) in [5, 5.41) is 10.7. The van der Waals surface area contributed by atoms with Gasteiger partial charge in [-0.15, -0.1) is 11.8 Å². The van der Waals surface area contributed by atoms with Crippen molar-refractivity contribution in [3.63, 3.8) is 0 Å². The van der Waals surface area contributed by atoms with E-state index in [0.29, 0.717) is 5.92 Å². The van der Waals surface area contributed by atoms with E-state index in [4.69, 9.17) is 0 Å². The van der Waals surface area contributed by atoms with Crippen molar-refractivity contribution >= 4 is 17.4 Å². The van der Waals surface area contributed by atoms with Gasteiger partial charge in [-0.05, 0) is 36.6 Å². The minimum Gasteiger partial charge on any atom is -0.258 e. The predicted octanol–water partition coefficient (Wildman–Crippen LogP) is 3.58. The first-order chi connectivity index (χ1) is 7.22. The molecule has 0 heterocycles. The quantitative estimate of drug-likeness (QED) is 0.447. The summed E-state index contributed by atoms with van der Waals surface area (Å²) in [7, 11) is 0. The SMILES string of the molecule is CSc1cc(C2CCC2)ccc1[N+](=O)[O-]. The van der Waals surface area contributed by atoms with Crippen LogP contribution in [0.25, 0.3) is 0 Å². The molecule has 1 saturated carbocycles. The van der Waals surface area contributed by atoms with E-state index < -0.39 is 0 Å². The Morgan fingerprint density at radius 3 is 2.67 bits per heavy atom. The van der Waals surface area contributed by atoms with Gasteiger partial charge < -0.3 is 0 Å². The van der Waals surface area contributed by atoms with E-state index in [2.05, 4.69) is 0 Å². The molecule has 1 aromatic carbocycles. The number of nitro groups is 1. The Labute approximate surface area is 93.0 Å². The Balaban J connectivity index is 2.33. The maximum atomic E-state index is 10.7. The zero-order valence-corrected chi connectivity index (χ0v) is 9.42. The van der Waals surface area contributed by atoms with Crippen LogP contribution in [0.2, 0.25) is 0 Å². The van der Waals surface area contributed by atoms with Crippen molar-refractivity contribution in [3.8, 4) is 0 Å². The van der Waals surface area contributed by atoms with Gasteiger partial charge in [-0.3, -0.25) is 10.1 Å². The third-order valence-corrected chi connectivity index (χ3v) is 3.74. The van der Waals surface area contributed by atoms with Crippen LogP contribution in [-0.2, 0) is 0 Å². The molecule has 1 fully saturated rings. The van der Waals surface area contributed by atoms with Crippen LogP contribution in [0.3, 0.4) is 0 Å². The highest BCUT2D eigenvalue weighted by molar-refractivity contribution is 7.98. The van der Waals surface area contributed by atoms with Crippen LogP contribution in [0, 0.1) is 10.1 Å². The second-order valence-electron chi connectivity index (χ2n) is 3.82. The van der Waals surface area contributed by atoms with Crippen molar-refractivity contribution in [1.29, 1.82) is 0 Å². The summed E-state index contributed by atoms with van der Waals surface area (Å²) in [5.41, 5.74) is 1.49. The number of benzene rings is 1. The Bertz CT molecular complexity index is 388. The van der Waals surface area contributed by atoms with E-state index in [0.717, 1.165) is 4.90 Å². The largest absolute Gasteiger partial charge is 0.282 e. The first-order valence-electron chi connectivity index (χ1n) is 5.04. The Kier molecular flexibility index (Phi) is 2.95. The van der Waals surface area contributed by atoms with E-state index in [-0.39, 0.29) is 10.6 Å². The van der Waals surface area contributed by atoms with Gasteiger partial charge in [-0.2, -0.15) is 0 Å². The third kappa shape index (κ3) is 2.00. The molecule has 0 unspecified atom stereocenters. The molecule has 1 aromatic rings. The third-order valence-electron chi connectivity index (χ3n) is 2.98. The summed E-state index contributed by atoms with van der Waals surface area (Å²) in [6.45, 7) is 0. The molecule has 0 N–H and O–H groups in total. The van der Waals surface area contributed by atoms with Crippen LogP contribution < -0.4 is 0 Å². The first kappa shape index (κ1) is 10.5. The standard InChI is InChI=1S/C11H13NO2S/c1-15-11-7-9(8-3-2-4-8)5-6-10(11)12(13)14/h5-8H,2-4H2,1H3. The Morgan fingerprint density at radius 1 is 1.47 bits per heavy atom. The van der Waals surface area contributed by atoms with Crippen LogP contribution in [0.4, 0.5) is 5.69 Å². The smallest absolute Gasteiger partial charge is 0.258 e. The molecular formula is C11H13NO2S. The minimum absolute atomic E-state index is 0.227. The zero-order valence-electron chi connectivity index (χ0n) is 8.60. The fourth-order valence-electron chi connectivity index (χ4n) is 1.84. The lowest BCUT2D eigenvalue weighted by Gasteiger charge is -2.25. The first-order valence-corrected chi connectivity index (χ1v) is 6.27. The molecule has 4 heteroatoms. The number of thioether (sulfide) groups is 1. The molecule has 80 valence electrons. The van der Waals surface area contributed by atoms with Gasteiger partial charge in [0.15, 0.2) is 0 Å². The van der Waals surface area contributed by atoms with Gasteiger partial charge in [0.05, 0.1) is 9.82 Å². The van der Waals surface area contributed by atoms with Crippen molar-refractivity contribution < 1.29 is 4.92 Å². The van der Waals surface area contributed by atoms with Crippen molar-refractivity contribution in [2.45, 2.75) is 30.1 Å². The van der Waals surface area contributed by atoms with Gasteiger partial charge in [-0.25, -0.2) is 0 Å². The molecule has 1 aliphatic carbocycles. The second-order valence-corrected chi connectivity index (χ2v) is 4.66. The average molecular weight is 223 g/mol. The maximum Gasteiger partial charge on any atom is 0.282 e. The maximum absolute atomic E-state index is 10.7. The van der Waals surface area contributed by atoms with Gasteiger partial charge in [0.2, 0.25) is 0 Å². The van der Waals surface area contributed by atoms with Crippen LogP contribution in [0.5, 0.6) is 0 Å². The van der Waals surface area contributed by atoms with Gasteiger partial charge in [0.25, 0.3) is 5.69 Å². The van der Waals surface area contributed by atoms with Crippen LogP contribution in [-0.4, -0.2) is 11.2 Å². The summed E-state index contributed by atoms with van der Waals surface area (Å²) in [4.78, 5) is 11.2. The Hall–Kier alpha value is -1.03. The van der Waals surface area contributed by atoms with E-state index in [9.17, 15) is 10.1 Å². The monoisotopic (exact) mass is 223 g/mol. The lowest BCUT2D eigenvalue weighted by atomic mass is 9.80. The number of hydrogen-bond acceptors (Lipinski definition) is 3. The van der Waals surface area contributed by atoms with E-state index in [1.807, 2.05) is 18.4 Å². The number of rotatable bonds is 3. The fourth-order valence-corrected chi connectivity index (χ4v) is 2.45. The van der Waals surface area contributed by atoms with Crippen LogP contribution in [0.15, 0.2) is 23.1 Å². The van der Waals surface area contributed by atoms with Crippen molar-refractivity contribution in [2.75, 3.05) is 6.26 Å². The lowest BCUT2D eigenvalue weighted by molar-refractivity contribution is -0.387. The molecule has 0 amide bonds. The van der Waals surface area contributed by atoms with Gasteiger partial charge in [0.1, 0.15) is 0 Å². The lowest BCUT2D eigenvalue weighted by Crippen LogP contribution is -2.08. The fraction of sp³-hybridized carbons (Fsp3) is 0.455. The molecule has 0 radical (unpaired) electrons. The molecule has 15 heavy (non-hydrogen) atoms. The molecule has 1 aliphatic rings. The molecular weight excluding hydrogens is 210 g/mol.